The lowest BCUT2D eigenvalue weighted by Gasteiger charge is -2.15. The summed E-state index contributed by atoms with van der Waals surface area (Å²) in [5.41, 5.74) is 1.78. The molecule has 0 spiro atoms. The van der Waals surface area contributed by atoms with E-state index in [9.17, 15) is 10.4 Å². The van der Waals surface area contributed by atoms with Gasteiger partial charge < -0.3 is 15.7 Å². The molecule has 1 aromatic heterocycles. The normalized spacial score (nSPS) is 21.3. The Kier molecular flexibility index (Phi) is 4.53. The smallest absolute Gasteiger partial charge is 0.227 e. The summed E-state index contributed by atoms with van der Waals surface area (Å²) < 4.78 is 0. The number of hydrogen-bond donors (Lipinski definition) is 3. The molecule has 0 radical (unpaired) electrons. The molecule has 7 nitrogen and oxygen atoms in total. The summed E-state index contributed by atoms with van der Waals surface area (Å²) in [7, 11) is 1.73. The number of anilines is 2. The van der Waals surface area contributed by atoms with Crippen LogP contribution in [0.25, 0.3) is 0 Å². The summed E-state index contributed by atoms with van der Waals surface area (Å²) in [4.78, 5) is 12.9. The van der Waals surface area contributed by atoms with Crippen LogP contribution in [0.15, 0.2) is 35.5 Å². The number of hydrogen-bond acceptors (Lipinski definition) is 7. The summed E-state index contributed by atoms with van der Waals surface area (Å²) in [6.45, 7) is 2.03. The number of amidine groups is 1. The van der Waals surface area contributed by atoms with Gasteiger partial charge in [0.25, 0.3) is 0 Å². The fourth-order valence-corrected chi connectivity index (χ4v) is 3.57. The van der Waals surface area contributed by atoms with Crippen LogP contribution < -0.4 is 10.6 Å². The van der Waals surface area contributed by atoms with Crippen molar-refractivity contribution in [3.8, 4) is 11.8 Å². The van der Waals surface area contributed by atoms with Crippen LogP contribution in [0.2, 0.25) is 0 Å². The molecule has 2 heterocycles. The van der Waals surface area contributed by atoms with Crippen molar-refractivity contribution in [3.63, 3.8) is 0 Å². The number of benzene rings is 1. The van der Waals surface area contributed by atoms with Crippen molar-refractivity contribution in [2.75, 3.05) is 12.4 Å². The highest BCUT2D eigenvalue weighted by molar-refractivity contribution is 8.14. The van der Waals surface area contributed by atoms with Crippen LogP contribution in [0.4, 0.5) is 11.6 Å². The molecule has 1 aliphatic heterocycles. The van der Waals surface area contributed by atoms with Crippen molar-refractivity contribution in [3.05, 3.63) is 41.7 Å². The first-order valence-electron chi connectivity index (χ1n) is 7.33. The Hall–Kier alpha value is -2.79. The second kappa shape index (κ2) is 6.76. The van der Waals surface area contributed by atoms with E-state index in [0.717, 1.165) is 5.17 Å². The van der Waals surface area contributed by atoms with Gasteiger partial charge in [-0.1, -0.05) is 17.8 Å². The van der Waals surface area contributed by atoms with Gasteiger partial charge in [0.05, 0.1) is 22.7 Å². The number of thioether (sulfide) groups is 1. The lowest BCUT2D eigenvalue weighted by atomic mass is 10.1. The molecular weight excluding hydrogens is 324 g/mol. The van der Waals surface area contributed by atoms with E-state index in [-0.39, 0.29) is 17.0 Å². The van der Waals surface area contributed by atoms with Crippen LogP contribution >= 0.6 is 11.8 Å². The third-order valence-corrected chi connectivity index (χ3v) is 4.97. The number of phenolic OH excluding ortho intramolecular Hbond substituents is 1. The molecule has 8 heteroatoms. The van der Waals surface area contributed by atoms with E-state index < -0.39 is 0 Å². The fraction of sp³-hybridized carbons (Fsp3) is 0.250. The fourth-order valence-electron chi connectivity index (χ4n) is 2.41. The molecule has 1 aromatic carbocycles. The van der Waals surface area contributed by atoms with Crippen molar-refractivity contribution in [2.45, 2.75) is 18.2 Å². The SMILES string of the molecule is CN=C1NC(C)[C@@H](c2nc(Nc3cccc(O)c3)ncc2C#N)S1. The van der Waals surface area contributed by atoms with E-state index in [1.807, 2.05) is 6.92 Å². The van der Waals surface area contributed by atoms with Gasteiger partial charge in [0, 0.05) is 24.8 Å². The van der Waals surface area contributed by atoms with E-state index in [0.29, 0.717) is 22.9 Å². The molecule has 24 heavy (non-hydrogen) atoms. The third-order valence-electron chi connectivity index (χ3n) is 3.56. The first-order chi connectivity index (χ1) is 11.6. The number of aromatic nitrogens is 2. The van der Waals surface area contributed by atoms with E-state index in [4.69, 9.17) is 0 Å². The molecule has 3 rings (SSSR count). The van der Waals surface area contributed by atoms with Gasteiger partial charge in [-0.05, 0) is 19.1 Å². The molecule has 3 N–H and O–H groups in total. The topological polar surface area (TPSA) is 106 Å². The minimum Gasteiger partial charge on any atom is -0.508 e. The summed E-state index contributed by atoms with van der Waals surface area (Å²) in [5, 5.41) is 26.0. The van der Waals surface area contributed by atoms with E-state index in [1.54, 1.807) is 43.1 Å². The van der Waals surface area contributed by atoms with Crippen LogP contribution in [0.3, 0.4) is 0 Å². The van der Waals surface area contributed by atoms with Crippen LogP contribution in [0.1, 0.15) is 23.4 Å². The summed E-state index contributed by atoms with van der Waals surface area (Å²) >= 11 is 1.55. The largest absolute Gasteiger partial charge is 0.508 e. The Morgan fingerprint density at radius 3 is 2.96 bits per heavy atom. The molecule has 1 saturated heterocycles. The lowest BCUT2D eigenvalue weighted by molar-refractivity contribution is 0.475. The van der Waals surface area contributed by atoms with Gasteiger partial charge in [-0.25, -0.2) is 9.97 Å². The zero-order valence-corrected chi connectivity index (χ0v) is 14.0. The molecule has 1 fully saturated rings. The molecule has 0 saturated carbocycles. The monoisotopic (exact) mass is 340 g/mol. The molecule has 0 bridgehead atoms. The number of aliphatic imine (C=N–C) groups is 1. The van der Waals surface area contributed by atoms with Crippen molar-refractivity contribution in [2.24, 2.45) is 4.99 Å². The minimum atomic E-state index is -0.0222. The third kappa shape index (κ3) is 3.26. The van der Waals surface area contributed by atoms with E-state index >= 15 is 0 Å². The minimum absolute atomic E-state index is 0.0222. The van der Waals surface area contributed by atoms with Gasteiger partial charge in [0.1, 0.15) is 11.8 Å². The van der Waals surface area contributed by atoms with Crippen molar-refractivity contribution in [1.82, 2.24) is 15.3 Å². The van der Waals surface area contributed by atoms with Crippen LogP contribution in [-0.4, -0.2) is 33.3 Å². The Balaban J connectivity index is 1.93. The van der Waals surface area contributed by atoms with Gasteiger partial charge in [0.15, 0.2) is 5.17 Å². The summed E-state index contributed by atoms with van der Waals surface area (Å²) in [6.07, 6.45) is 1.52. The first kappa shape index (κ1) is 16.1. The molecule has 2 atom stereocenters. The molecule has 122 valence electrons. The first-order valence-corrected chi connectivity index (χ1v) is 8.21. The second-order valence-corrected chi connectivity index (χ2v) is 6.41. The zero-order valence-electron chi connectivity index (χ0n) is 13.2. The lowest BCUT2D eigenvalue weighted by Crippen LogP contribution is -2.25. The standard InChI is InChI=1S/C16H16N6OS/c1-9-14(24-16(18-2)20-9)13-10(7-17)8-19-15(22-13)21-11-4-3-5-12(23)6-11/h3-6,8-9,14,23H,1-2H3,(H,18,20)(H,19,21,22)/t9?,14-/m0/s1. The molecule has 0 amide bonds. The molecule has 2 aromatic rings. The zero-order chi connectivity index (χ0) is 17.1. The van der Waals surface area contributed by atoms with Crippen LogP contribution in [-0.2, 0) is 0 Å². The van der Waals surface area contributed by atoms with Gasteiger partial charge in [-0.3, -0.25) is 4.99 Å². The predicted octanol–water partition coefficient (Wildman–Crippen LogP) is 2.55. The van der Waals surface area contributed by atoms with Gasteiger partial charge in [0.2, 0.25) is 5.95 Å². The molecule has 1 unspecified atom stereocenters. The number of nitrogens with one attached hydrogen (secondary N) is 2. The number of aromatic hydroxyl groups is 1. The Morgan fingerprint density at radius 2 is 2.29 bits per heavy atom. The second-order valence-electron chi connectivity index (χ2n) is 5.28. The number of phenols is 1. The summed E-state index contributed by atoms with van der Waals surface area (Å²) in [6, 6.07) is 8.95. The summed E-state index contributed by atoms with van der Waals surface area (Å²) in [5.74, 6) is 0.533. The van der Waals surface area contributed by atoms with E-state index in [2.05, 4.69) is 31.7 Å². The molecule has 0 aliphatic carbocycles. The number of nitriles is 1. The Labute approximate surface area is 143 Å². The quantitative estimate of drug-likeness (QED) is 0.788. The number of nitrogens with zero attached hydrogens (tertiary/aromatic N) is 4. The maximum atomic E-state index is 9.54. The predicted molar refractivity (Wildman–Crippen MR) is 94.4 cm³/mol. The maximum Gasteiger partial charge on any atom is 0.227 e. The van der Waals surface area contributed by atoms with Crippen LogP contribution in [0, 0.1) is 11.3 Å². The van der Waals surface area contributed by atoms with Crippen molar-refractivity contribution < 1.29 is 5.11 Å². The van der Waals surface area contributed by atoms with Gasteiger partial charge in [-0.2, -0.15) is 5.26 Å². The number of rotatable bonds is 3. The van der Waals surface area contributed by atoms with Crippen LogP contribution in [0.5, 0.6) is 5.75 Å². The average molecular weight is 340 g/mol. The Morgan fingerprint density at radius 1 is 1.46 bits per heavy atom. The Bertz CT molecular complexity index is 832. The van der Waals surface area contributed by atoms with Gasteiger partial charge in [-0.15, -0.1) is 0 Å². The highest BCUT2D eigenvalue weighted by Crippen LogP contribution is 2.38. The van der Waals surface area contributed by atoms with Gasteiger partial charge >= 0.3 is 0 Å². The molecule has 1 aliphatic rings. The average Bonchev–Trinajstić information content (AvgIpc) is 2.96. The highest BCUT2D eigenvalue weighted by Gasteiger charge is 2.33. The molecular formula is C16H16N6OS. The highest BCUT2D eigenvalue weighted by atomic mass is 32.2. The maximum absolute atomic E-state index is 9.54. The van der Waals surface area contributed by atoms with E-state index in [1.165, 1.54) is 6.20 Å². The van der Waals surface area contributed by atoms with Crippen molar-refractivity contribution in [1.29, 1.82) is 5.26 Å². The van der Waals surface area contributed by atoms with Crippen molar-refractivity contribution >= 4 is 28.6 Å².